The minimum atomic E-state index is -3.74. The second kappa shape index (κ2) is 7.31. The molecule has 0 fully saturated rings. The molecular weight excluding hydrogens is 322 g/mol. The summed E-state index contributed by atoms with van der Waals surface area (Å²) in [6, 6.07) is 3.40. The van der Waals surface area contributed by atoms with Crippen LogP contribution < -0.4 is 4.72 Å². The largest absolute Gasteiger partial charge is 0.478 e. The van der Waals surface area contributed by atoms with Gasteiger partial charge in [0.1, 0.15) is 0 Å². The van der Waals surface area contributed by atoms with Crippen molar-refractivity contribution in [2.45, 2.75) is 24.3 Å². The van der Waals surface area contributed by atoms with Gasteiger partial charge in [0.25, 0.3) is 0 Å². The van der Waals surface area contributed by atoms with Crippen LogP contribution in [0.1, 0.15) is 23.7 Å². The summed E-state index contributed by atoms with van der Waals surface area (Å²) >= 11 is 7.35. The highest BCUT2D eigenvalue weighted by atomic mass is 35.5. The Morgan fingerprint density at radius 2 is 2.15 bits per heavy atom. The van der Waals surface area contributed by atoms with E-state index in [1.165, 1.54) is 12.1 Å². The van der Waals surface area contributed by atoms with E-state index in [1.807, 2.05) is 6.26 Å². The third kappa shape index (κ3) is 4.66. The van der Waals surface area contributed by atoms with Gasteiger partial charge in [-0.1, -0.05) is 11.6 Å². The number of rotatable bonds is 7. The Hall–Kier alpha value is -0.760. The Kier molecular flexibility index (Phi) is 6.32. The van der Waals surface area contributed by atoms with Crippen LogP contribution in [0.15, 0.2) is 23.1 Å². The van der Waals surface area contributed by atoms with Gasteiger partial charge < -0.3 is 5.11 Å². The zero-order valence-corrected chi connectivity index (χ0v) is 13.5. The fourth-order valence-electron chi connectivity index (χ4n) is 1.52. The average molecular weight is 338 g/mol. The molecule has 0 aliphatic rings. The molecule has 0 saturated carbocycles. The van der Waals surface area contributed by atoms with Crippen LogP contribution in [0.4, 0.5) is 0 Å². The molecule has 1 rings (SSSR count). The van der Waals surface area contributed by atoms with Crippen LogP contribution in [0.25, 0.3) is 0 Å². The number of halogens is 1. The van der Waals surface area contributed by atoms with E-state index in [0.29, 0.717) is 6.42 Å². The molecule has 0 radical (unpaired) electrons. The molecule has 0 amide bonds. The van der Waals surface area contributed by atoms with Gasteiger partial charge in [0.15, 0.2) is 0 Å². The number of carbonyl (C=O) groups is 1. The fraction of sp³-hybridized carbons (Fsp3) is 0.417. The molecule has 1 atom stereocenters. The summed E-state index contributed by atoms with van der Waals surface area (Å²) < 4.78 is 26.8. The second-order valence-corrected chi connectivity index (χ2v) is 7.36. The summed E-state index contributed by atoms with van der Waals surface area (Å²) in [5.41, 5.74) is -0.230. The lowest BCUT2D eigenvalue weighted by atomic mass is 10.2. The van der Waals surface area contributed by atoms with Crippen molar-refractivity contribution in [3.05, 3.63) is 28.8 Å². The van der Waals surface area contributed by atoms with E-state index in [2.05, 4.69) is 4.72 Å². The summed E-state index contributed by atoms with van der Waals surface area (Å²) in [5.74, 6) is -0.424. The number of hydrogen-bond acceptors (Lipinski definition) is 4. The molecule has 2 N–H and O–H groups in total. The minimum absolute atomic E-state index is 0.00637. The SMILES string of the molecule is CSCCC(C)NS(=O)(=O)c1ccc(Cl)c(C(=O)O)c1. The van der Waals surface area contributed by atoms with Crippen molar-refractivity contribution in [2.24, 2.45) is 0 Å². The maximum Gasteiger partial charge on any atom is 0.337 e. The van der Waals surface area contributed by atoms with E-state index in [0.717, 1.165) is 11.8 Å². The summed E-state index contributed by atoms with van der Waals surface area (Å²) in [5, 5.41) is 8.96. The Morgan fingerprint density at radius 1 is 1.50 bits per heavy atom. The molecule has 20 heavy (non-hydrogen) atoms. The van der Waals surface area contributed by atoms with Gasteiger partial charge in [0.05, 0.1) is 15.5 Å². The molecule has 0 saturated heterocycles. The summed E-state index contributed by atoms with van der Waals surface area (Å²) in [7, 11) is -3.74. The first-order chi connectivity index (χ1) is 9.27. The van der Waals surface area contributed by atoms with Gasteiger partial charge in [0.2, 0.25) is 10.0 Å². The molecule has 112 valence electrons. The summed E-state index contributed by atoms with van der Waals surface area (Å²) in [6.45, 7) is 1.77. The summed E-state index contributed by atoms with van der Waals surface area (Å²) in [4.78, 5) is 10.9. The first-order valence-corrected chi connectivity index (χ1v) is 9.07. The second-order valence-electron chi connectivity index (χ2n) is 4.25. The van der Waals surface area contributed by atoms with Gasteiger partial charge in [-0.05, 0) is 43.6 Å². The third-order valence-corrected chi connectivity index (χ3v) is 5.15. The number of nitrogens with one attached hydrogen (secondary N) is 1. The Bertz CT molecular complexity index is 589. The van der Waals surface area contributed by atoms with E-state index >= 15 is 0 Å². The summed E-state index contributed by atoms with van der Waals surface area (Å²) in [6.07, 6.45) is 2.64. The molecule has 1 unspecified atom stereocenters. The highest BCUT2D eigenvalue weighted by molar-refractivity contribution is 7.98. The minimum Gasteiger partial charge on any atom is -0.478 e. The molecule has 1 aromatic carbocycles. The van der Waals surface area contributed by atoms with Crippen LogP contribution in [-0.2, 0) is 10.0 Å². The van der Waals surface area contributed by atoms with E-state index in [4.69, 9.17) is 16.7 Å². The molecule has 0 aliphatic carbocycles. The average Bonchev–Trinajstić information content (AvgIpc) is 2.35. The zero-order valence-electron chi connectivity index (χ0n) is 11.1. The predicted molar refractivity (Wildman–Crippen MR) is 81.2 cm³/mol. The number of hydrogen-bond donors (Lipinski definition) is 2. The quantitative estimate of drug-likeness (QED) is 0.798. The molecule has 0 aromatic heterocycles. The first kappa shape index (κ1) is 17.3. The fourth-order valence-corrected chi connectivity index (χ4v) is 3.61. The molecule has 5 nitrogen and oxygen atoms in total. The van der Waals surface area contributed by atoms with Crippen LogP contribution >= 0.6 is 23.4 Å². The van der Waals surface area contributed by atoms with Gasteiger partial charge >= 0.3 is 5.97 Å². The van der Waals surface area contributed by atoms with Crippen molar-refractivity contribution in [1.82, 2.24) is 4.72 Å². The van der Waals surface area contributed by atoms with E-state index in [1.54, 1.807) is 18.7 Å². The lowest BCUT2D eigenvalue weighted by Crippen LogP contribution is -2.33. The molecule has 0 spiro atoms. The van der Waals surface area contributed by atoms with Crippen molar-refractivity contribution in [3.8, 4) is 0 Å². The van der Waals surface area contributed by atoms with Crippen molar-refractivity contribution >= 4 is 39.4 Å². The number of aromatic carboxylic acids is 1. The maximum atomic E-state index is 12.1. The zero-order chi connectivity index (χ0) is 15.3. The van der Waals surface area contributed by atoms with Crippen molar-refractivity contribution in [2.75, 3.05) is 12.0 Å². The van der Waals surface area contributed by atoms with Crippen LogP contribution in [0.5, 0.6) is 0 Å². The van der Waals surface area contributed by atoms with Crippen LogP contribution in [0, 0.1) is 0 Å². The third-order valence-electron chi connectivity index (χ3n) is 2.59. The molecule has 0 heterocycles. The topological polar surface area (TPSA) is 83.5 Å². The molecule has 0 aliphatic heterocycles. The van der Waals surface area contributed by atoms with Gasteiger partial charge in [-0.25, -0.2) is 17.9 Å². The van der Waals surface area contributed by atoms with Gasteiger partial charge in [-0.2, -0.15) is 11.8 Å². The predicted octanol–water partition coefficient (Wildman–Crippen LogP) is 2.46. The van der Waals surface area contributed by atoms with Gasteiger partial charge in [-0.15, -0.1) is 0 Å². The van der Waals surface area contributed by atoms with Crippen LogP contribution in [-0.4, -0.2) is 37.5 Å². The van der Waals surface area contributed by atoms with E-state index in [-0.39, 0.29) is 21.5 Å². The van der Waals surface area contributed by atoms with E-state index in [9.17, 15) is 13.2 Å². The van der Waals surface area contributed by atoms with Gasteiger partial charge in [-0.3, -0.25) is 0 Å². The van der Waals surface area contributed by atoms with Crippen molar-refractivity contribution in [1.29, 1.82) is 0 Å². The Labute approximate surface area is 127 Å². The highest BCUT2D eigenvalue weighted by Crippen LogP contribution is 2.20. The number of carboxylic acid groups (broad SMARTS) is 1. The maximum absolute atomic E-state index is 12.1. The lowest BCUT2D eigenvalue weighted by Gasteiger charge is -2.14. The normalized spacial score (nSPS) is 13.2. The first-order valence-electron chi connectivity index (χ1n) is 5.82. The Morgan fingerprint density at radius 3 is 2.70 bits per heavy atom. The molecule has 8 heteroatoms. The van der Waals surface area contributed by atoms with Gasteiger partial charge in [0, 0.05) is 6.04 Å². The molecule has 1 aromatic rings. The molecule has 0 bridgehead atoms. The molecular formula is C12H16ClNO4S2. The van der Waals surface area contributed by atoms with Crippen molar-refractivity contribution < 1.29 is 18.3 Å². The standard InChI is InChI=1S/C12H16ClNO4S2/c1-8(5-6-19-2)14-20(17,18)9-3-4-11(13)10(7-9)12(15)16/h3-4,7-8,14H,5-6H2,1-2H3,(H,15,16). The smallest absolute Gasteiger partial charge is 0.337 e. The highest BCUT2D eigenvalue weighted by Gasteiger charge is 2.20. The monoisotopic (exact) mass is 337 g/mol. The number of sulfonamides is 1. The number of carboxylic acids is 1. The number of thioether (sulfide) groups is 1. The van der Waals surface area contributed by atoms with E-state index < -0.39 is 16.0 Å². The number of benzene rings is 1. The van der Waals surface area contributed by atoms with Crippen LogP contribution in [0.3, 0.4) is 0 Å². The van der Waals surface area contributed by atoms with Crippen LogP contribution in [0.2, 0.25) is 5.02 Å². The Balaban J connectivity index is 2.98. The van der Waals surface area contributed by atoms with Crippen molar-refractivity contribution in [3.63, 3.8) is 0 Å². The lowest BCUT2D eigenvalue weighted by molar-refractivity contribution is 0.0697.